The first-order chi connectivity index (χ1) is 14.7. The molecule has 1 amide bonds. The highest BCUT2D eigenvalue weighted by Gasteiger charge is 2.30. The molecule has 4 rings (SSSR count). The van der Waals surface area contributed by atoms with Crippen molar-refractivity contribution in [2.24, 2.45) is 5.92 Å². The average Bonchev–Trinajstić information content (AvgIpc) is 3.48. The van der Waals surface area contributed by atoms with Crippen LogP contribution in [0.15, 0.2) is 17.5 Å². The molecule has 0 radical (unpaired) electrons. The van der Waals surface area contributed by atoms with Crippen LogP contribution in [0.4, 0.5) is 0 Å². The molecule has 0 spiro atoms. The summed E-state index contributed by atoms with van der Waals surface area (Å²) in [4.78, 5) is 24.1. The third-order valence-electron chi connectivity index (χ3n) is 6.89. The van der Waals surface area contributed by atoms with Crippen molar-refractivity contribution < 1.29 is 9.53 Å². The number of ether oxygens (including phenoxy) is 1. The molecule has 0 aromatic carbocycles. The van der Waals surface area contributed by atoms with Crippen LogP contribution in [0.5, 0.6) is 0 Å². The van der Waals surface area contributed by atoms with E-state index in [0.717, 1.165) is 69.9 Å². The van der Waals surface area contributed by atoms with E-state index in [9.17, 15) is 4.79 Å². The zero-order valence-corrected chi connectivity index (χ0v) is 19.3. The number of likely N-dealkylation sites (tertiary alicyclic amines) is 2. The third-order valence-corrected chi connectivity index (χ3v) is 7.76. The lowest BCUT2D eigenvalue weighted by molar-refractivity contribution is 0.0612. The number of aromatic nitrogens is 1. The van der Waals surface area contributed by atoms with Gasteiger partial charge in [-0.05, 0) is 75.3 Å². The number of amides is 1. The summed E-state index contributed by atoms with van der Waals surface area (Å²) in [7, 11) is 1.77. The first kappa shape index (κ1) is 21.8. The number of carbonyl (C=O) groups excluding carboxylic acids is 1. The highest BCUT2D eigenvalue weighted by Crippen LogP contribution is 2.25. The molecule has 1 unspecified atom stereocenters. The number of thiophene rings is 1. The van der Waals surface area contributed by atoms with Gasteiger partial charge in [-0.2, -0.15) is 0 Å². The van der Waals surface area contributed by atoms with Crippen molar-refractivity contribution in [2.75, 3.05) is 59.5 Å². The fraction of sp³-hybridized carbons (Fsp3) is 0.696. The lowest BCUT2D eigenvalue weighted by atomic mass is 9.95. The predicted octanol–water partition coefficient (Wildman–Crippen LogP) is 3.51. The van der Waals surface area contributed by atoms with Crippen molar-refractivity contribution >= 4 is 27.5 Å². The fourth-order valence-corrected chi connectivity index (χ4v) is 5.85. The van der Waals surface area contributed by atoms with E-state index in [4.69, 9.17) is 4.74 Å². The van der Waals surface area contributed by atoms with Gasteiger partial charge >= 0.3 is 0 Å². The second-order valence-electron chi connectivity index (χ2n) is 8.79. The molecule has 166 valence electrons. The van der Waals surface area contributed by atoms with E-state index in [0.29, 0.717) is 12.0 Å². The van der Waals surface area contributed by atoms with E-state index >= 15 is 0 Å². The fourth-order valence-electron chi connectivity index (χ4n) is 5.07. The van der Waals surface area contributed by atoms with Crippen molar-refractivity contribution in [2.45, 2.75) is 38.6 Å². The van der Waals surface area contributed by atoms with E-state index in [1.807, 2.05) is 6.07 Å². The number of carbonyl (C=O) groups is 1. The Morgan fingerprint density at radius 3 is 2.83 bits per heavy atom. The molecule has 2 saturated heterocycles. The lowest BCUT2D eigenvalue weighted by Crippen LogP contribution is -2.46. The number of nitrogens with one attached hydrogen (secondary N) is 1. The number of H-pyrrole nitrogens is 1. The van der Waals surface area contributed by atoms with Crippen LogP contribution in [0, 0.1) is 5.92 Å². The molecule has 4 heterocycles. The molecule has 0 aliphatic carbocycles. The lowest BCUT2D eigenvalue weighted by Gasteiger charge is -2.36. The maximum Gasteiger partial charge on any atom is 0.270 e. The minimum absolute atomic E-state index is 0.170. The van der Waals surface area contributed by atoms with E-state index < -0.39 is 0 Å². The zero-order chi connectivity index (χ0) is 20.9. The second-order valence-corrected chi connectivity index (χ2v) is 9.74. The Hall–Kier alpha value is -1.41. The quantitative estimate of drug-likeness (QED) is 0.659. The maximum absolute atomic E-state index is 13.5. The van der Waals surface area contributed by atoms with E-state index in [2.05, 4.69) is 38.1 Å². The Balaban J connectivity index is 1.43. The van der Waals surface area contributed by atoms with Gasteiger partial charge in [-0.1, -0.05) is 6.92 Å². The van der Waals surface area contributed by atoms with Gasteiger partial charge in [0.05, 0.1) is 16.8 Å². The zero-order valence-electron chi connectivity index (χ0n) is 18.4. The summed E-state index contributed by atoms with van der Waals surface area (Å²) in [6, 6.07) is 4.60. The monoisotopic (exact) mass is 432 g/mol. The third kappa shape index (κ3) is 5.07. The largest absolute Gasteiger partial charge is 0.383 e. The molecule has 30 heavy (non-hydrogen) atoms. The highest BCUT2D eigenvalue weighted by molar-refractivity contribution is 7.17. The smallest absolute Gasteiger partial charge is 0.270 e. The normalized spacial score (nSPS) is 21.6. The minimum atomic E-state index is 0.170. The summed E-state index contributed by atoms with van der Waals surface area (Å²) in [5, 5.41) is 2.07. The van der Waals surface area contributed by atoms with Crippen molar-refractivity contribution in [1.82, 2.24) is 19.7 Å². The molecule has 2 fully saturated rings. The Bertz CT molecular complexity index is 783. The Kier molecular flexibility index (Phi) is 7.46. The van der Waals surface area contributed by atoms with Gasteiger partial charge in [0.2, 0.25) is 0 Å². The summed E-state index contributed by atoms with van der Waals surface area (Å²) < 4.78 is 6.40. The molecule has 2 aliphatic heterocycles. The average molecular weight is 433 g/mol. The van der Waals surface area contributed by atoms with Crippen LogP contribution in [0.2, 0.25) is 0 Å². The number of fused-ring (bicyclic) bond motifs is 1. The molecular formula is C23H36N4O2S. The second kappa shape index (κ2) is 10.3. The Labute approximate surface area is 184 Å². The van der Waals surface area contributed by atoms with Gasteiger partial charge in [0.15, 0.2) is 0 Å². The van der Waals surface area contributed by atoms with Crippen LogP contribution in [0.25, 0.3) is 10.2 Å². The Morgan fingerprint density at radius 2 is 2.10 bits per heavy atom. The summed E-state index contributed by atoms with van der Waals surface area (Å²) in [6.45, 7) is 10.2. The van der Waals surface area contributed by atoms with Crippen LogP contribution in [-0.4, -0.2) is 91.2 Å². The van der Waals surface area contributed by atoms with Crippen molar-refractivity contribution in [3.8, 4) is 0 Å². The van der Waals surface area contributed by atoms with Crippen LogP contribution in [0.1, 0.15) is 43.1 Å². The van der Waals surface area contributed by atoms with Gasteiger partial charge in [-0.15, -0.1) is 11.3 Å². The molecule has 0 saturated carbocycles. The van der Waals surface area contributed by atoms with Gasteiger partial charge in [-0.3, -0.25) is 9.69 Å². The molecule has 2 aromatic rings. The molecule has 7 heteroatoms. The van der Waals surface area contributed by atoms with Crippen molar-refractivity contribution in [3.05, 3.63) is 23.2 Å². The highest BCUT2D eigenvalue weighted by atomic mass is 32.1. The first-order valence-electron chi connectivity index (χ1n) is 11.5. The summed E-state index contributed by atoms with van der Waals surface area (Å²) in [5.74, 6) is 0.753. The molecule has 2 aromatic heterocycles. The molecule has 1 N–H and O–H groups in total. The molecule has 1 atom stereocenters. The van der Waals surface area contributed by atoms with Gasteiger partial charge in [-0.25, -0.2) is 0 Å². The molecule has 0 bridgehead atoms. The number of methoxy groups -OCH3 is 1. The number of piperidine rings is 1. The van der Waals surface area contributed by atoms with E-state index in [1.54, 1.807) is 18.4 Å². The standard InChI is InChI=1S/C23H36N4O2S/c1-3-26-9-4-5-19(26)17-27(16-18-6-10-25(11-7-18)12-13-29-2)23(28)21-15-22-20(24-21)8-14-30-22/h8,14-15,18-19,24H,3-7,9-13,16-17H2,1-2H3. The van der Waals surface area contributed by atoms with Crippen LogP contribution < -0.4 is 0 Å². The number of hydrogen-bond donors (Lipinski definition) is 1. The molecule has 2 aliphatic rings. The van der Waals surface area contributed by atoms with Crippen LogP contribution in [-0.2, 0) is 4.74 Å². The van der Waals surface area contributed by atoms with Crippen LogP contribution in [0.3, 0.4) is 0 Å². The number of hydrogen-bond acceptors (Lipinski definition) is 5. The summed E-state index contributed by atoms with van der Waals surface area (Å²) in [6.07, 6.45) is 4.77. The number of rotatable bonds is 9. The van der Waals surface area contributed by atoms with Gasteiger partial charge < -0.3 is 19.5 Å². The van der Waals surface area contributed by atoms with Crippen LogP contribution >= 0.6 is 11.3 Å². The summed E-state index contributed by atoms with van der Waals surface area (Å²) >= 11 is 1.69. The summed E-state index contributed by atoms with van der Waals surface area (Å²) in [5.41, 5.74) is 1.82. The number of likely N-dealkylation sites (N-methyl/N-ethyl adjacent to an activating group) is 1. The number of nitrogens with zero attached hydrogens (tertiary/aromatic N) is 3. The first-order valence-corrected chi connectivity index (χ1v) is 12.4. The molecular weight excluding hydrogens is 396 g/mol. The SMILES string of the molecule is CCN1CCCC1CN(CC1CCN(CCOC)CC1)C(=O)c1cc2sccc2[nH]1. The Morgan fingerprint density at radius 1 is 1.27 bits per heavy atom. The topological polar surface area (TPSA) is 51.8 Å². The van der Waals surface area contributed by atoms with Crippen molar-refractivity contribution in [1.29, 1.82) is 0 Å². The maximum atomic E-state index is 13.5. The molecule has 6 nitrogen and oxygen atoms in total. The van der Waals surface area contributed by atoms with Gasteiger partial charge in [0.25, 0.3) is 5.91 Å². The van der Waals surface area contributed by atoms with E-state index in [-0.39, 0.29) is 5.91 Å². The number of aromatic amines is 1. The van der Waals surface area contributed by atoms with Crippen molar-refractivity contribution in [3.63, 3.8) is 0 Å². The van der Waals surface area contributed by atoms with E-state index in [1.165, 1.54) is 24.1 Å². The van der Waals surface area contributed by atoms with Gasteiger partial charge in [0, 0.05) is 32.8 Å². The minimum Gasteiger partial charge on any atom is -0.383 e. The van der Waals surface area contributed by atoms with Gasteiger partial charge in [0.1, 0.15) is 5.69 Å². The predicted molar refractivity (Wildman–Crippen MR) is 123 cm³/mol.